The number of hydrogen-bond acceptors (Lipinski definition) is 2. The number of nitrogens with zero attached hydrogens (tertiary/aromatic N) is 1. The molecule has 0 saturated carbocycles. The van der Waals surface area contributed by atoms with Gasteiger partial charge in [-0.1, -0.05) is 11.6 Å². The average Bonchev–Trinajstić information content (AvgIpc) is 2.50. The van der Waals surface area contributed by atoms with Crippen molar-refractivity contribution in [3.63, 3.8) is 0 Å². The normalized spacial score (nSPS) is 29.7. The van der Waals surface area contributed by atoms with Gasteiger partial charge in [-0.2, -0.15) is 18.1 Å². The van der Waals surface area contributed by atoms with Crippen LogP contribution in [0.25, 0.3) is 0 Å². The van der Waals surface area contributed by atoms with Gasteiger partial charge < -0.3 is 0 Å². The molecule has 1 saturated heterocycles. The standard InChI is InChI=1S/C17H28N2OS/c1-13-11-14(2)15(17(3,21)12-13)16(20)18-19(4)9-7-5-6-8-10-19/h11H,5-10,12H2,1-4H3,(H-,18,20,21)/p+1. The maximum Gasteiger partial charge on any atom is 0.293 e. The van der Waals surface area contributed by atoms with Crippen LogP contribution in [0.2, 0.25) is 0 Å². The monoisotopic (exact) mass is 309 g/mol. The van der Waals surface area contributed by atoms with Gasteiger partial charge in [-0.25, -0.2) is 4.59 Å². The summed E-state index contributed by atoms with van der Waals surface area (Å²) in [7, 11) is 2.14. The van der Waals surface area contributed by atoms with E-state index in [0.717, 1.165) is 30.7 Å². The van der Waals surface area contributed by atoms with Gasteiger partial charge in [0.2, 0.25) is 0 Å². The van der Waals surface area contributed by atoms with Crippen molar-refractivity contribution >= 4 is 18.5 Å². The second-order valence-corrected chi connectivity index (χ2v) is 8.18. The molecule has 0 aromatic carbocycles. The lowest BCUT2D eigenvalue weighted by molar-refractivity contribution is -0.942. The van der Waals surface area contributed by atoms with Crippen LogP contribution in [-0.4, -0.2) is 35.4 Å². The molecule has 1 aliphatic heterocycles. The summed E-state index contributed by atoms with van der Waals surface area (Å²) < 4.78 is 0.278. The van der Waals surface area contributed by atoms with Crippen LogP contribution < -0.4 is 5.43 Å². The lowest BCUT2D eigenvalue weighted by Gasteiger charge is -2.36. The predicted molar refractivity (Wildman–Crippen MR) is 91.0 cm³/mol. The number of carbonyl (C=O) groups is 1. The summed E-state index contributed by atoms with van der Waals surface area (Å²) in [6, 6.07) is 0. The number of allylic oxidation sites excluding steroid dienone is 3. The SMILES string of the molecule is CC1=CC(C)=C(C(=O)N[N+]2(C)CCCCCC2)C(C)(S)C1. The zero-order chi connectivity index (χ0) is 15.7. The van der Waals surface area contributed by atoms with Crippen LogP contribution in [-0.2, 0) is 4.79 Å². The summed E-state index contributed by atoms with van der Waals surface area (Å²) >= 11 is 4.77. The number of nitrogens with one attached hydrogen (secondary N) is 1. The molecule has 118 valence electrons. The van der Waals surface area contributed by atoms with E-state index in [4.69, 9.17) is 12.6 Å². The lowest BCUT2D eigenvalue weighted by atomic mass is 9.84. The molecule has 0 spiro atoms. The molecule has 1 unspecified atom stereocenters. The zero-order valence-corrected chi connectivity index (χ0v) is 14.7. The summed E-state index contributed by atoms with van der Waals surface area (Å²) in [5.41, 5.74) is 6.44. The molecular formula is C17H29N2OS+. The number of rotatable bonds is 2. The predicted octanol–water partition coefficient (Wildman–Crippen LogP) is 3.39. The minimum absolute atomic E-state index is 0.0538. The van der Waals surface area contributed by atoms with Gasteiger partial charge in [0.05, 0.1) is 7.05 Å². The Hall–Kier alpha value is -0.740. The van der Waals surface area contributed by atoms with Crippen LogP contribution in [0.15, 0.2) is 22.8 Å². The third-order valence-corrected chi connectivity index (χ3v) is 5.05. The first-order chi connectivity index (χ1) is 9.73. The van der Waals surface area contributed by atoms with E-state index in [2.05, 4.69) is 25.5 Å². The summed E-state index contributed by atoms with van der Waals surface area (Å²) in [5, 5.41) is 0. The van der Waals surface area contributed by atoms with Gasteiger partial charge in [-0.15, -0.1) is 0 Å². The van der Waals surface area contributed by atoms with Crippen molar-refractivity contribution in [3.05, 3.63) is 22.8 Å². The fourth-order valence-electron chi connectivity index (χ4n) is 3.77. The second-order valence-electron chi connectivity index (χ2n) is 7.20. The van der Waals surface area contributed by atoms with Gasteiger partial charge in [0.1, 0.15) is 13.1 Å². The van der Waals surface area contributed by atoms with Crippen LogP contribution in [0.5, 0.6) is 0 Å². The molecule has 0 bridgehead atoms. The third-order valence-electron chi connectivity index (χ3n) is 4.67. The van der Waals surface area contributed by atoms with E-state index in [0.29, 0.717) is 4.59 Å². The highest BCUT2D eigenvalue weighted by molar-refractivity contribution is 7.82. The molecule has 2 rings (SSSR count). The molecule has 0 aromatic heterocycles. The molecule has 1 N–H and O–H groups in total. The first-order valence-corrected chi connectivity index (χ1v) is 8.46. The van der Waals surface area contributed by atoms with Crippen molar-refractivity contribution < 1.29 is 9.39 Å². The fraction of sp³-hybridized carbons (Fsp3) is 0.706. The summed E-state index contributed by atoms with van der Waals surface area (Å²) in [6.45, 7) is 8.23. The highest BCUT2D eigenvalue weighted by Crippen LogP contribution is 2.38. The van der Waals surface area contributed by atoms with Crippen LogP contribution in [0, 0.1) is 0 Å². The number of amides is 1. The number of hydrogen-bond donors (Lipinski definition) is 2. The Balaban J connectivity index is 2.20. The molecule has 1 aliphatic carbocycles. The number of thiol groups is 1. The third kappa shape index (κ3) is 3.92. The van der Waals surface area contributed by atoms with Crippen molar-refractivity contribution in [1.29, 1.82) is 0 Å². The van der Waals surface area contributed by atoms with Crippen LogP contribution in [0.4, 0.5) is 0 Å². The van der Waals surface area contributed by atoms with Crippen molar-refractivity contribution in [2.24, 2.45) is 0 Å². The first-order valence-electron chi connectivity index (χ1n) is 8.02. The van der Waals surface area contributed by atoms with E-state index in [1.165, 1.54) is 31.3 Å². The first kappa shape index (κ1) is 16.6. The summed E-state index contributed by atoms with van der Waals surface area (Å²) in [6.07, 6.45) is 7.88. The average molecular weight is 309 g/mol. The van der Waals surface area contributed by atoms with E-state index in [1.807, 2.05) is 13.8 Å². The molecule has 3 nitrogen and oxygen atoms in total. The maximum absolute atomic E-state index is 12.9. The number of likely N-dealkylation sites (tertiary alicyclic amines) is 1. The molecule has 1 fully saturated rings. The Morgan fingerprint density at radius 2 is 1.81 bits per heavy atom. The van der Waals surface area contributed by atoms with Crippen molar-refractivity contribution in [1.82, 2.24) is 5.43 Å². The highest BCUT2D eigenvalue weighted by atomic mass is 32.1. The van der Waals surface area contributed by atoms with Crippen molar-refractivity contribution in [3.8, 4) is 0 Å². The Bertz CT molecular complexity index is 483. The van der Waals surface area contributed by atoms with Gasteiger partial charge >= 0.3 is 0 Å². The Morgan fingerprint density at radius 1 is 1.24 bits per heavy atom. The molecule has 0 aromatic rings. The smallest absolute Gasteiger partial charge is 0.265 e. The lowest BCUT2D eigenvalue weighted by Crippen LogP contribution is -2.59. The molecular weight excluding hydrogens is 280 g/mol. The number of quaternary nitrogens is 1. The van der Waals surface area contributed by atoms with Gasteiger partial charge in [0.25, 0.3) is 5.91 Å². The minimum atomic E-state index is -0.377. The van der Waals surface area contributed by atoms with Gasteiger partial charge in [0.15, 0.2) is 0 Å². The molecule has 21 heavy (non-hydrogen) atoms. The van der Waals surface area contributed by atoms with Gasteiger partial charge in [0, 0.05) is 10.3 Å². The molecule has 1 atom stereocenters. The van der Waals surface area contributed by atoms with E-state index < -0.39 is 0 Å². The summed E-state index contributed by atoms with van der Waals surface area (Å²) in [4.78, 5) is 12.9. The van der Waals surface area contributed by atoms with Crippen LogP contribution >= 0.6 is 12.6 Å². The number of carbonyl (C=O) groups excluding carboxylic acids is 1. The molecule has 2 aliphatic rings. The van der Waals surface area contributed by atoms with E-state index >= 15 is 0 Å². The molecule has 1 amide bonds. The van der Waals surface area contributed by atoms with Crippen molar-refractivity contribution in [2.75, 3.05) is 20.1 Å². The van der Waals surface area contributed by atoms with E-state index in [1.54, 1.807) is 0 Å². The molecule has 4 heteroatoms. The minimum Gasteiger partial charge on any atom is -0.265 e. The fourth-order valence-corrected chi connectivity index (χ4v) is 4.30. The molecule has 1 heterocycles. The Morgan fingerprint density at radius 3 is 2.33 bits per heavy atom. The summed E-state index contributed by atoms with van der Waals surface area (Å²) in [5.74, 6) is 0.0538. The zero-order valence-electron chi connectivity index (χ0n) is 13.8. The van der Waals surface area contributed by atoms with Crippen LogP contribution in [0.3, 0.4) is 0 Å². The Kier molecular flexibility index (Phi) is 4.89. The van der Waals surface area contributed by atoms with Crippen molar-refractivity contribution in [2.45, 2.75) is 57.6 Å². The highest BCUT2D eigenvalue weighted by Gasteiger charge is 2.37. The van der Waals surface area contributed by atoms with E-state index in [-0.39, 0.29) is 10.7 Å². The van der Waals surface area contributed by atoms with Crippen LogP contribution in [0.1, 0.15) is 52.9 Å². The molecule has 0 radical (unpaired) electrons. The van der Waals surface area contributed by atoms with Gasteiger partial charge in [-0.3, -0.25) is 4.79 Å². The largest absolute Gasteiger partial charge is 0.293 e. The topological polar surface area (TPSA) is 29.1 Å². The van der Waals surface area contributed by atoms with Gasteiger partial charge in [-0.05, 0) is 58.4 Å². The van der Waals surface area contributed by atoms with E-state index in [9.17, 15) is 4.79 Å². The second kappa shape index (κ2) is 6.17. The maximum atomic E-state index is 12.9. The quantitative estimate of drug-likeness (QED) is 0.594. The Labute approximate surface area is 134 Å².